The smallest absolute Gasteiger partial charge is 0.364 e. The van der Waals surface area contributed by atoms with Gasteiger partial charge in [0.05, 0.1) is 0 Å². The highest BCUT2D eigenvalue weighted by Gasteiger charge is 2.22. The lowest BCUT2D eigenvalue weighted by Gasteiger charge is -2.15. The minimum absolute atomic E-state index is 0.303. The monoisotopic (exact) mass is 247 g/mol. The van der Waals surface area contributed by atoms with Crippen LogP contribution in [0.4, 0.5) is 5.82 Å². The maximum atomic E-state index is 11.4. The Labute approximate surface area is 104 Å². The Morgan fingerprint density at radius 3 is 3.17 bits per heavy atom. The van der Waals surface area contributed by atoms with Gasteiger partial charge in [-0.05, 0) is 30.4 Å². The van der Waals surface area contributed by atoms with Crippen molar-refractivity contribution in [3.63, 3.8) is 0 Å². The van der Waals surface area contributed by atoms with Crippen LogP contribution < -0.4 is 11.0 Å². The van der Waals surface area contributed by atoms with E-state index in [1.54, 1.807) is 6.07 Å². The second kappa shape index (κ2) is 4.44. The number of nitrogens with zero attached hydrogens (tertiary/aromatic N) is 3. The lowest BCUT2D eigenvalue weighted by atomic mass is 9.98. The van der Waals surface area contributed by atoms with E-state index in [2.05, 4.69) is 27.5 Å². The molecule has 6 nitrogen and oxygen atoms in total. The molecule has 2 atom stereocenters. The van der Waals surface area contributed by atoms with Crippen LogP contribution >= 0.6 is 0 Å². The zero-order chi connectivity index (χ0) is 12.5. The number of nitrogens with one attached hydrogen (secondary N) is 2. The number of aromatic amines is 1. The van der Waals surface area contributed by atoms with E-state index in [1.165, 1.54) is 23.8 Å². The molecule has 0 spiro atoms. The Kier molecular flexibility index (Phi) is 2.77. The maximum Gasteiger partial charge on any atom is 0.364 e. The third kappa shape index (κ3) is 1.98. The number of hydrogen-bond donors (Lipinski definition) is 2. The molecule has 2 heterocycles. The summed E-state index contributed by atoms with van der Waals surface area (Å²) in [6, 6.07) is 3.64. The van der Waals surface area contributed by atoms with Crippen molar-refractivity contribution in [2.45, 2.75) is 26.2 Å². The first-order valence-electron chi connectivity index (χ1n) is 6.42. The van der Waals surface area contributed by atoms with Gasteiger partial charge in [-0.15, -0.1) is 5.10 Å². The molecule has 1 aliphatic rings. The van der Waals surface area contributed by atoms with Gasteiger partial charge in [0, 0.05) is 6.54 Å². The van der Waals surface area contributed by atoms with Crippen molar-refractivity contribution in [2.75, 3.05) is 11.9 Å². The van der Waals surface area contributed by atoms with Gasteiger partial charge in [-0.25, -0.2) is 9.89 Å². The molecule has 3 rings (SSSR count). The molecule has 2 N–H and O–H groups in total. The van der Waals surface area contributed by atoms with Crippen LogP contribution in [0, 0.1) is 11.8 Å². The van der Waals surface area contributed by atoms with Gasteiger partial charge in [0.2, 0.25) is 0 Å². The molecule has 0 aromatic carbocycles. The fraction of sp³-hybridized carbons (Fsp3) is 0.583. The van der Waals surface area contributed by atoms with Crippen LogP contribution in [0.25, 0.3) is 5.65 Å². The van der Waals surface area contributed by atoms with Crippen LogP contribution in [0.3, 0.4) is 0 Å². The third-order valence-corrected chi connectivity index (χ3v) is 3.86. The van der Waals surface area contributed by atoms with E-state index >= 15 is 0 Å². The summed E-state index contributed by atoms with van der Waals surface area (Å²) in [6.45, 7) is 3.23. The number of fused-ring (bicyclic) bond motifs is 1. The van der Waals surface area contributed by atoms with Gasteiger partial charge in [0.15, 0.2) is 5.65 Å². The first kappa shape index (κ1) is 11.3. The Morgan fingerprint density at radius 2 is 2.39 bits per heavy atom. The highest BCUT2D eigenvalue weighted by atomic mass is 16.2. The molecule has 2 unspecified atom stereocenters. The number of anilines is 1. The van der Waals surface area contributed by atoms with Crippen molar-refractivity contribution in [2.24, 2.45) is 11.8 Å². The molecule has 18 heavy (non-hydrogen) atoms. The molecule has 0 bridgehead atoms. The third-order valence-electron chi connectivity index (χ3n) is 3.86. The largest absolute Gasteiger partial charge is 0.368 e. The Morgan fingerprint density at radius 1 is 1.50 bits per heavy atom. The molecule has 1 aliphatic carbocycles. The van der Waals surface area contributed by atoms with Crippen molar-refractivity contribution in [3.8, 4) is 0 Å². The van der Waals surface area contributed by atoms with E-state index in [1.807, 2.05) is 6.07 Å². The van der Waals surface area contributed by atoms with Gasteiger partial charge in [-0.2, -0.15) is 9.61 Å². The van der Waals surface area contributed by atoms with Gasteiger partial charge < -0.3 is 5.32 Å². The normalized spacial score (nSPS) is 23.6. The van der Waals surface area contributed by atoms with E-state index in [9.17, 15) is 4.79 Å². The standard InChI is InChI=1S/C12H17N5O/c1-8-3-2-4-9(8)7-13-10-5-6-11-14-15-12(18)17(11)16-10/h5-6,8-9H,2-4,7H2,1H3,(H,13,16)(H,15,18). The van der Waals surface area contributed by atoms with Gasteiger partial charge >= 0.3 is 5.69 Å². The number of H-pyrrole nitrogens is 1. The van der Waals surface area contributed by atoms with Gasteiger partial charge in [-0.3, -0.25) is 0 Å². The summed E-state index contributed by atoms with van der Waals surface area (Å²) in [7, 11) is 0. The lowest BCUT2D eigenvalue weighted by Crippen LogP contribution is -2.19. The summed E-state index contributed by atoms with van der Waals surface area (Å²) in [5, 5.41) is 13.8. The lowest BCUT2D eigenvalue weighted by molar-refractivity contribution is 0.439. The van der Waals surface area contributed by atoms with Crippen LogP contribution in [-0.2, 0) is 0 Å². The highest BCUT2D eigenvalue weighted by Crippen LogP contribution is 2.30. The van der Waals surface area contributed by atoms with Crippen LogP contribution in [-0.4, -0.2) is 26.4 Å². The number of hydrogen-bond acceptors (Lipinski definition) is 4. The topological polar surface area (TPSA) is 75.1 Å². The predicted octanol–water partition coefficient (Wildman–Crippen LogP) is 1.27. The second-order valence-corrected chi connectivity index (χ2v) is 5.07. The summed E-state index contributed by atoms with van der Waals surface area (Å²) >= 11 is 0. The van der Waals surface area contributed by atoms with E-state index in [0.29, 0.717) is 11.6 Å². The van der Waals surface area contributed by atoms with Crippen LogP contribution in [0.1, 0.15) is 26.2 Å². The molecular weight excluding hydrogens is 230 g/mol. The Bertz CT molecular complexity index is 602. The van der Waals surface area contributed by atoms with Gasteiger partial charge in [0.1, 0.15) is 5.82 Å². The quantitative estimate of drug-likeness (QED) is 0.856. The van der Waals surface area contributed by atoms with Crippen molar-refractivity contribution < 1.29 is 0 Å². The zero-order valence-electron chi connectivity index (χ0n) is 10.4. The van der Waals surface area contributed by atoms with E-state index < -0.39 is 0 Å². The first-order valence-corrected chi connectivity index (χ1v) is 6.42. The molecule has 0 aliphatic heterocycles. The molecule has 1 saturated carbocycles. The number of rotatable bonds is 3. The molecule has 6 heteroatoms. The fourth-order valence-corrected chi connectivity index (χ4v) is 2.66. The van der Waals surface area contributed by atoms with Crippen LogP contribution in [0.5, 0.6) is 0 Å². The summed E-state index contributed by atoms with van der Waals surface area (Å²) < 4.78 is 1.28. The average Bonchev–Trinajstić information content (AvgIpc) is 2.94. The molecule has 1 fully saturated rings. The fourth-order valence-electron chi connectivity index (χ4n) is 2.66. The number of aromatic nitrogens is 4. The minimum atomic E-state index is -0.303. The molecule has 2 aromatic rings. The summed E-state index contributed by atoms with van der Waals surface area (Å²) in [6.07, 6.45) is 3.92. The van der Waals surface area contributed by atoms with E-state index in [4.69, 9.17) is 0 Å². The van der Waals surface area contributed by atoms with Crippen LogP contribution in [0.2, 0.25) is 0 Å². The van der Waals surface area contributed by atoms with E-state index in [0.717, 1.165) is 18.3 Å². The van der Waals surface area contributed by atoms with Crippen molar-refractivity contribution in [1.29, 1.82) is 0 Å². The summed E-state index contributed by atoms with van der Waals surface area (Å²) in [5.41, 5.74) is 0.239. The minimum Gasteiger partial charge on any atom is -0.368 e. The maximum absolute atomic E-state index is 11.4. The van der Waals surface area contributed by atoms with Crippen molar-refractivity contribution in [3.05, 3.63) is 22.6 Å². The molecule has 0 amide bonds. The summed E-state index contributed by atoms with van der Waals surface area (Å²) in [5.74, 6) is 2.21. The highest BCUT2D eigenvalue weighted by molar-refractivity contribution is 5.42. The Balaban J connectivity index is 1.74. The molecule has 0 radical (unpaired) electrons. The Hall–Kier alpha value is -1.85. The first-order chi connectivity index (χ1) is 8.74. The molecular formula is C12H17N5O. The summed E-state index contributed by atoms with van der Waals surface area (Å²) in [4.78, 5) is 11.4. The van der Waals surface area contributed by atoms with Crippen molar-refractivity contribution in [1.82, 2.24) is 19.8 Å². The molecule has 0 saturated heterocycles. The van der Waals surface area contributed by atoms with Gasteiger partial charge in [-0.1, -0.05) is 19.8 Å². The molecule has 96 valence electrons. The second-order valence-electron chi connectivity index (χ2n) is 5.07. The van der Waals surface area contributed by atoms with E-state index in [-0.39, 0.29) is 5.69 Å². The molecule has 2 aromatic heterocycles. The zero-order valence-corrected chi connectivity index (χ0v) is 10.4. The SMILES string of the molecule is CC1CCCC1CNc1ccc2n[nH]c(=O)n2n1. The average molecular weight is 247 g/mol. The van der Waals surface area contributed by atoms with Crippen molar-refractivity contribution >= 4 is 11.5 Å². The van der Waals surface area contributed by atoms with Crippen LogP contribution in [0.15, 0.2) is 16.9 Å². The van der Waals surface area contributed by atoms with Gasteiger partial charge in [0.25, 0.3) is 0 Å². The predicted molar refractivity (Wildman–Crippen MR) is 68.6 cm³/mol.